The molecule has 1 N–H and O–H groups in total. The molecule has 0 aliphatic heterocycles. The van der Waals surface area contributed by atoms with Gasteiger partial charge in [0.1, 0.15) is 6.54 Å². The molecule has 0 saturated heterocycles. The van der Waals surface area contributed by atoms with E-state index in [1.54, 1.807) is 6.92 Å². The lowest BCUT2D eigenvalue weighted by Gasteiger charge is -2.00. The lowest BCUT2D eigenvalue weighted by atomic mass is 10.3. The maximum Gasteiger partial charge on any atom is 0.327 e. The molecule has 0 spiro atoms. The first-order valence-electron chi connectivity index (χ1n) is 4.50. The van der Waals surface area contributed by atoms with Crippen LogP contribution in [0.5, 0.6) is 0 Å². The summed E-state index contributed by atoms with van der Waals surface area (Å²) >= 11 is 0. The molecule has 0 bridgehead atoms. The maximum absolute atomic E-state index is 11.0. The van der Waals surface area contributed by atoms with Gasteiger partial charge in [0.15, 0.2) is 0 Å². The van der Waals surface area contributed by atoms with Gasteiger partial charge < -0.3 is 9.84 Å². The number of carbonyl (C=O) groups excluding carboxylic acids is 1. The third kappa shape index (κ3) is 3.80. The van der Waals surface area contributed by atoms with Gasteiger partial charge in [-0.1, -0.05) is 0 Å². The Morgan fingerprint density at radius 1 is 1.60 bits per heavy atom. The summed E-state index contributed by atoms with van der Waals surface area (Å²) in [5, 5.41) is 12.4. The van der Waals surface area contributed by atoms with E-state index in [1.807, 2.05) is 0 Å². The van der Waals surface area contributed by atoms with Crippen molar-refractivity contribution in [1.29, 1.82) is 0 Å². The first-order valence-corrected chi connectivity index (χ1v) is 4.50. The van der Waals surface area contributed by atoms with E-state index in [2.05, 4.69) is 5.10 Å². The van der Waals surface area contributed by atoms with Crippen LogP contribution in [0.3, 0.4) is 0 Å². The summed E-state index contributed by atoms with van der Waals surface area (Å²) in [6.07, 6.45) is 2.85. The van der Waals surface area contributed by atoms with E-state index in [0.717, 1.165) is 0 Å². The first kappa shape index (κ1) is 11.2. The molecule has 0 unspecified atom stereocenters. The monoisotopic (exact) mass is 212 g/mol. The van der Waals surface area contributed by atoms with Crippen LogP contribution in [0.2, 0.25) is 0 Å². The minimum absolute atomic E-state index is 0.00740. The van der Waals surface area contributed by atoms with E-state index in [0.29, 0.717) is 12.2 Å². The number of carboxylic acid groups (broad SMARTS) is 1. The molecular formula is C9H12N2O4. The molecule has 0 radical (unpaired) electrons. The summed E-state index contributed by atoms with van der Waals surface area (Å²) in [6.45, 7) is 2.05. The van der Waals surface area contributed by atoms with E-state index in [1.165, 1.54) is 17.1 Å². The second kappa shape index (κ2) is 5.14. The molecule has 0 saturated carbocycles. The SMILES string of the molecule is CCOC(=O)Cn1cc(CC(=O)O)cn1. The number of esters is 1. The normalized spacial score (nSPS) is 9.93. The van der Waals surface area contributed by atoms with E-state index >= 15 is 0 Å². The molecule has 0 fully saturated rings. The number of aromatic nitrogens is 2. The largest absolute Gasteiger partial charge is 0.481 e. The zero-order valence-electron chi connectivity index (χ0n) is 8.34. The van der Waals surface area contributed by atoms with Crippen LogP contribution in [0, 0.1) is 0 Å². The zero-order chi connectivity index (χ0) is 11.3. The molecule has 0 atom stereocenters. The molecule has 6 nitrogen and oxygen atoms in total. The maximum atomic E-state index is 11.0. The fourth-order valence-electron chi connectivity index (χ4n) is 1.10. The Bertz CT molecular complexity index is 359. The molecule has 1 rings (SSSR count). The Balaban J connectivity index is 2.52. The van der Waals surface area contributed by atoms with Crippen molar-refractivity contribution < 1.29 is 19.4 Å². The van der Waals surface area contributed by atoms with Crippen LogP contribution in [0.25, 0.3) is 0 Å². The van der Waals surface area contributed by atoms with Crippen LogP contribution < -0.4 is 0 Å². The third-order valence-electron chi connectivity index (χ3n) is 1.64. The standard InChI is InChI=1S/C9H12N2O4/c1-2-15-9(14)6-11-5-7(4-10-11)3-8(12)13/h4-5H,2-3,6H2,1H3,(H,12,13). The van der Waals surface area contributed by atoms with Gasteiger partial charge in [-0.15, -0.1) is 0 Å². The van der Waals surface area contributed by atoms with Gasteiger partial charge in [0.2, 0.25) is 0 Å². The zero-order valence-corrected chi connectivity index (χ0v) is 8.34. The molecule has 0 aliphatic rings. The number of aliphatic carboxylic acids is 1. The molecule has 15 heavy (non-hydrogen) atoms. The van der Waals surface area contributed by atoms with Crippen molar-refractivity contribution in [2.45, 2.75) is 19.9 Å². The lowest BCUT2D eigenvalue weighted by molar-refractivity contribution is -0.144. The van der Waals surface area contributed by atoms with Gasteiger partial charge in [-0.05, 0) is 6.92 Å². The summed E-state index contributed by atoms with van der Waals surface area (Å²) in [7, 11) is 0. The fourth-order valence-corrected chi connectivity index (χ4v) is 1.10. The van der Waals surface area contributed by atoms with Gasteiger partial charge in [0, 0.05) is 11.8 Å². The van der Waals surface area contributed by atoms with Crippen molar-refractivity contribution in [3.63, 3.8) is 0 Å². The molecule has 1 aromatic heterocycles. The van der Waals surface area contributed by atoms with E-state index < -0.39 is 5.97 Å². The molecular weight excluding hydrogens is 200 g/mol. The molecule has 0 amide bonds. The van der Waals surface area contributed by atoms with Crippen LogP contribution in [0.1, 0.15) is 12.5 Å². The average Bonchev–Trinajstić information content (AvgIpc) is 2.51. The predicted molar refractivity (Wildman–Crippen MR) is 50.2 cm³/mol. The molecule has 82 valence electrons. The Hall–Kier alpha value is -1.85. The summed E-state index contributed by atoms with van der Waals surface area (Å²) in [5.74, 6) is -1.31. The second-order valence-corrected chi connectivity index (χ2v) is 2.92. The predicted octanol–water partition coefficient (Wildman–Crippen LogP) is 0.0733. The number of rotatable bonds is 5. The topological polar surface area (TPSA) is 81.4 Å². The Morgan fingerprint density at radius 3 is 2.93 bits per heavy atom. The van der Waals surface area contributed by atoms with Gasteiger partial charge in [-0.3, -0.25) is 14.3 Å². The first-order chi connectivity index (χ1) is 7.11. The number of carboxylic acids is 1. The highest BCUT2D eigenvalue weighted by Gasteiger charge is 2.07. The minimum Gasteiger partial charge on any atom is -0.481 e. The molecule has 0 aromatic carbocycles. The van der Waals surface area contributed by atoms with Gasteiger partial charge in [-0.2, -0.15) is 5.10 Å². The van der Waals surface area contributed by atoms with E-state index in [9.17, 15) is 9.59 Å². The van der Waals surface area contributed by atoms with E-state index in [4.69, 9.17) is 9.84 Å². The number of hydrogen-bond donors (Lipinski definition) is 1. The summed E-state index contributed by atoms with van der Waals surface area (Å²) in [4.78, 5) is 21.4. The minimum atomic E-state index is -0.925. The van der Waals surface area contributed by atoms with Crippen molar-refractivity contribution in [2.24, 2.45) is 0 Å². The molecule has 1 heterocycles. The Labute approximate surface area is 86.5 Å². The van der Waals surface area contributed by atoms with Crippen molar-refractivity contribution in [3.05, 3.63) is 18.0 Å². The summed E-state index contributed by atoms with van der Waals surface area (Å²) < 4.78 is 6.08. The highest BCUT2D eigenvalue weighted by atomic mass is 16.5. The highest BCUT2D eigenvalue weighted by Crippen LogP contribution is 1.99. The number of ether oxygens (including phenoxy) is 1. The fraction of sp³-hybridized carbons (Fsp3) is 0.444. The van der Waals surface area contributed by atoms with Crippen LogP contribution in [0.4, 0.5) is 0 Å². The summed E-state index contributed by atoms with van der Waals surface area (Å²) in [5.41, 5.74) is 0.562. The summed E-state index contributed by atoms with van der Waals surface area (Å²) in [6, 6.07) is 0. The third-order valence-corrected chi connectivity index (χ3v) is 1.64. The quantitative estimate of drug-likeness (QED) is 0.698. The number of nitrogens with zero attached hydrogens (tertiary/aromatic N) is 2. The van der Waals surface area contributed by atoms with Crippen LogP contribution in [0.15, 0.2) is 12.4 Å². The molecule has 1 aromatic rings. The second-order valence-electron chi connectivity index (χ2n) is 2.92. The van der Waals surface area contributed by atoms with Crippen molar-refractivity contribution >= 4 is 11.9 Å². The lowest BCUT2D eigenvalue weighted by Crippen LogP contribution is -2.13. The molecule has 6 heteroatoms. The van der Waals surface area contributed by atoms with E-state index in [-0.39, 0.29) is 18.9 Å². The van der Waals surface area contributed by atoms with Crippen LogP contribution in [-0.4, -0.2) is 33.4 Å². The smallest absolute Gasteiger partial charge is 0.327 e. The van der Waals surface area contributed by atoms with Crippen molar-refractivity contribution in [2.75, 3.05) is 6.61 Å². The molecule has 0 aliphatic carbocycles. The highest BCUT2D eigenvalue weighted by molar-refractivity contribution is 5.70. The number of carbonyl (C=O) groups is 2. The average molecular weight is 212 g/mol. The van der Waals surface area contributed by atoms with Gasteiger partial charge in [0.05, 0.1) is 19.2 Å². The van der Waals surface area contributed by atoms with Gasteiger partial charge in [0.25, 0.3) is 0 Å². The Kier molecular flexibility index (Phi) is 3.84. The van der Waals surface area contributed by atoms with Crippen LogP contribution in [-0.2, 0) is 27.3 Å². The van der Waals surface area contributed by atoms with Gasteiger partial charge >= 0.3 is 11.9 Å². The van der Waals surface area contributed by atoms with Crippen molar-refractivity contribution in [1.82, 2.24) is 9.78 Å². The van der Waals surface area contributed by atoms with Gasteiger partial charge in [-0.25, -0.2) is 0 Å². The number of hydrogen-bond acceptors (Lipinski definition) is 4. The van der Waals surface area contributed by atoms with Crippen molar-refractivity contribution in [3.8, 4) is 0 Å². The Morgan fingerprint density at radius 2 is 2.33 bits per heavy atom. The van der Waals surface area contributed by atoms with Crippen LogP contribution >= 0.6 is 0 Å².